The Morgan fingerprint density at radius 1 is 1.48 bits per heavy atom. The van der Waals surface area contributed by atoms with Crippen LogP contribution < -0.4 is 0 Å². The second kappa shape index (κ2) is 5.42. The fraction of sp³-hybridized carbons (Fsp3) is 0.692. The Morgan fingerprint density at radius 2 is 2.29 bits per heavy atom. The minimum atomic E-state index is -2.96. The van der Waals surface area contributed by atoms with Gasteiger partial charge in [0.2, 0.25) is 5.91 Å². The van der Waals surface area contributed by atoms with Crippen molar-refractivity contribution in [1.29, 1.82) is 0 Å². The van der Waals surface area contributed by atoms with E-state index in [9.17, 15) is 13.2 Å². The minimum Gasteiger partial charge on any atom is -0.341 e. The number of likely N-dealkylation sites (N-methyl/N-ethyl adjacent to an activating group) is 1. The summed E-state index contributed by atoms with van der Waals surface area (Å²) in [6.07, 6.45) is 4.27. The van der Waals surface area contributed by atoms with Crippen molar-refractivity contribution in [2.45, 2.75) is 25.6 Å². The number of fused-ring (bicyclic) bond motifs is 1. The molecule has 7 nitrogen and oxygen atoms in total. The highest BCUT2D eigenvalue weighted by Gasteiger charge is 2.33. The first kappa shape index (κ1) is 14.5. The molecule has 2 aliphatic heterocycles. The summed E-state index contributed by atoms with van der Waals surface area (Å²) in [6, 6.07) is -0.172. The summed E-state index contributed by atoms with van der Waals surface area (Å²) in [5.41, 5.74) is 0. The molecule has 21 heavy (non-hydrogen) atoms. The quantitative estimate of drug-likeness (QED) is 0.741. The van der Waals surface area contributed by atoms with Crippen LogP contribution in [0.3, 0.4) is 0 Å². The highest BCUT2D eigenvalue weighted by molar-refractivity contribution is 7.91. The Labute approximate surface area is 124 Å². The van der Waals surface area contributed by atoms with E-state index < -0.39 is 9.84 Å². The van der Waals surface area contributed by atoms with Crippen molar-refractivity contribution in [3.63, 3.8) is 0 Å². The maximum Gasteiger partial charge on any atom is 0.236 e. The van der Waals surface area contributed by atoms with Gasteiger partial charge in [0.25, 0.3) is 0 Å². The lowest BCUT2D eigenvalue weighted by Gasteiger charge is -2.30. The second-order valence-corrected chi connectivity index (χ2v) is 8.04. The maximum atomic E-state index is 12.3. The number of sulfone groups is 1. The molecule has 0 aliphatic carbocycles. The second-order valence-electron chi connectivity index (χ2n) is 5.81. The van der Waals surface area contributed by atoms with Crippen molar-refractivity contribution in [3.05, 3.63) is 18.2 Å². The summed E-state index contributed by atoms with van der Waals surface area (Å²) in [4.78, 5) is 20.3. The van der Waals surface area contributed by atoms with Gasteiger partial charge in [-0.2, -0.15) is 0 Å². The van der Waals surface area contributed by atoms with Crippen molar-refractivity contribution in [2.24, 2.45) is 0 Å². The van der Waals surface area contributed by atoms with E-state index in [1.54, 1.807) is 18.1 Å². The molecule has 1 aromatic heterocycles. The van der Waals surface area contributed by atoms with Crippen molar-refractivity contribution in [1.82, 2.24) is 19.4 Å². The van der Waals surface area contributed by atoms with Crippen molar-refractivity contribution in [3.8, 4) is 0 Å². The Kier molecular flexibility index (Phi) is 3.75. The van der Waals surface area contributed by atoms with Crippen LogP contribution in [0.25, 0.3) is 0 Å². The number of imidazole rings is 1. The summed E-state index contributed by atoms with van der Waals surface area (Å²) in [6.45, 7) is 2.63. The lowest BCUT2D eigenvalue weighted by Crippen LogP contribution is -2.45. The van der Waals surface area contributed by atoms with E-state index in [2.05, 4.69) is 14.5 Å². The van der Waals surface area contributed by atoms with Gasteiger partial charge in [0.1, 0.15) is 5.82 Å². The van der Waals surface area contributed by atoms with Crippen molar-refractivity contribution < 1.29 is 13.2 Å². The lowest BCUT2D eigenvalue weighted by molar-refractivity contribution is -0.133. The molecule has 3 heterocycles. The average molecular weight is 312 g/mol. The molecule has 1 atom stereocenters. The first-order valence-electron chi connectivity index (χ1n) is 7.13. The lowest BCUT2D eigenvalue weighted by atomic mass is 10.2. The van der Waals surface area contributed by atoms with Crippen molar-refractivity contribution in [2.75, 3.05) is 31.6 Å². The van der Waals surface area contributed by atoms with E-state index >= 15 is 0 Å². The highest BCUT2D eigenvalue weighted by atomic mass is 32.2. The van der Waals surface area contributed by atoms with Gasteiger partial charge in [-0.05, 0) is 6.42 Å². The molecule has 2 aliphatic rings. The zero-order valence-electron chi connectivity index (χ0n) is 12.1. The van der Waals surface area contributed by atoms with Gasteiger partial charge < -0.3 is 9.47 Å². The number of carbonyl (C=O) groups is 1. The third-order valence-corrected chi connectivity index (χ3v) is 6.08. The number of carbonyl (C=O) groups excluding carboxylic acids is 1. The highest BCUT2D eigenvalue weighted by Crippen LogP contribution is 2.17. The number of hydrogen-bond acceptors (Lipinski definition) is 5. The number of aromatic nitrogens is 2. The molecule has 116 valence electrons. The SMILES string of the molecule is CN(C(=O)CN1CCn2ccnc2C1)[C@@H]1CCS(=O)(=O)C1. The maximum absolute atomic E-state index is 12.3. The molecule has 0 saturated carbocycles. The number of amides is 1. The van der Waals surface area contributed by atoms with Gasteiger partial charge in [-0.1, -0.05) is 0 Å². The van der Waals surface area contributed by atoms with Gasteiger partial charge in [0.15, 0.2) is 9.84 Å². The van der Waals surface area contributed by atoms with Gasteiger partial charge in [-0.15, -0.1) is 0 Å². The zero-order chi connectivity index (χ0) is 15.0. The Hall–Kier alpha value is -1.41. The molecule has 0 bridgehead atoms. The van der Waals surface area contributed by atoms with Crippen LogP contribution >= 0.6 is 0 Å². The van der Waals surface area contributed by atoms with Crippen LogP contribution in [0, 0.1) is 0 Å². The molecule has 3 rings (SSSR count). The van der Waals surface area contributed by atoms with Crippen molar-refractivity contribution >= 4 is 15.7 Å². The van der Waals surface area contributed by atoms with E-state index in [1.807, 2.05) is 6.20 Å². The molecule has 0 unspecified atom stereocenters. The summed E-state index contributed by atoms with van der Waals surface area (Å²) >= 11 is 0. The van der Waals surface area contributed by atoms with Gasteiger partial charge in [-0.25, -0.2) is 13.4 Å². The molecule has 1 amide bonds. The van der Waals surface area contributed by atoms with E-state index in [0.29, 0.717) is 19.5 Å². The first-order chi connectivity index (χ1) is 9.94. The van der Waals surface area contributed by atoms with Crippen LogP contribution in [-0.2, 0) is 27.7 Å². The monoisotopic (exact) mass is 312 g/mol. The molecule has 0 N–H and O–H groups in total. The van der Waals surface area contributed by atoms with Gasteiger partial charge in [-0.3, -0.25) is 9.69 Å². The van der Waals surface area contributed by atoms with Gasteiger partial charge >= 0.3 is 0 Å². The molecule has 1 aromatic rings. The number of nitrogens with zero attached hydrogens (tertiary/aromatic N) is 4. The molecular weight excluding hydrogens is 292 g/mol. The summed E-state index contributed by atoms with van der Waals surface area (Å²) in [7, 11) is -1.25. The van der Waals surface area contributed by atoms with E-state index in [4.69, 9.17) is 0 Å². The fourth-order valence-electron chi connectivity index (χ4n) is 2.95. The summed E-state index contributed by atoms with van der Waals surface area (Å²) in [5.74, 6) is 1.24. The molecular formula is C13H20N4O3S. The Balaban J connectivity index is 1.57. The number of rotatable bonds is 3. The molecule has 0 aromatic carbocycles. The zero-order valence-corrected chi connectivity index (χ0v) is 12.9. The predicted molar refractivity (Wildman–Crippen MR) is 77.3 cm³/mol. The van der Waals surface area contributed by atoms with Crippen LogP contribution in [0.2, 0.25) is 0 Å². The molecule has 1 fully saturated rings. The normalized spacial score (nSPS) is 24.7. The van der Waals surface area contributed by atoms with E-state index in [0.717, 1.165) is 18.9 Å². The number of hydrogen-bond donors (Lipinski definition) is 0. The minimum absolute atomic E-state index is 0.0166. The van der Waals surface area contributed by atoms with E-state index in [1.165, 1.54) is 0 Å². The molecule has 0 radical (unpaired) electrons. The Morgan fingerprint density at radius 3 is 3.00 bits per heavy atom. The first-order valence-corrected chi connectivity index (χ1v) is 8.95. The molecule has 1 saturated heterocycles. The fourth-order valence-corrected chi connectivity index (χ4v) is 4.72. The Bertz CT molecular complexity index is 640. The van der Waals surface area contributed by atoms with E-state index in [-0.39, 0.29) is 23.5 Å². The van der Waals surface area contributed by atoms with Gasteiger partial charge in [0.05, 0.1) is 24.6 Å². The predicted octanol–water partition coefficient (Wildman–Crippen LogP) is -0.656. The summed E-state index contributed by atoms with van der Waals surface area (Å²) < 4.78 is 25.1. The van der Waals surface area contributed by atoms with Crippen LogP contribution in [0.15, 0.2) is 12.4 Å². The largest absolute Gasteiger partial charge is 0.341 e. The van der Waals surface area contributed by atoms with Gasteiger partial charge in [0, 0.05) is 38.6 Å². The summed E-state index contributed by atoms with van der Waals surface area (Å²) in [5, 5.41) is 0. The topological polar surface area (TPSA) is 75.5 Å². The van der Waals surface area contributed by atoms with Crippen LogP contribution in [0.4, 0.5) is 0 Å². The molecule has 8 heteroatoms. The van der Waals surface area contributed by atoms with Crippen LogP contribution in [0.5, 0.6) is 0 Å². The third-order valence-electron chi connectivity index (χ3n) is 4.33. The van der Waals surface area contributed by atoms with Crippen LogP contribution in [0.1, 0.15) is 12.2 Å². The average Bonchev–Trinajstić information content (AvgIpc) is 3.03. The standard InChI is InChI=1S/C13H20N4O3S/c1-15(11-2-7-21(19,20)10-11)13(18)9-16-5-6-17-4-3-14-12(17)8-16/h3-4,11H,2,5-10H2,1H3/t11-/m1/s1. The third kappa shape index (κ3) is 3.11. The molecule has 0 spiro atoms. The van der Waals surface area contributed by atoms with Crippen LogP contribution in [-0.4, -0.2) is 71.4 Å². The smallest absolute Gasteiger partial charge is 0.236 e.